The van der Waals surface area contributed by atoms with Crippen LogP contribution < -0.4 is 18.9 Å². The Morgan fingerprint density at radius 2 is 1.58 bits per heavy atom. The molecule has 0 heterocycles. The van der Waals surface area contributed by atoms with Gasteiger partial charge in [0.1, 0.15) is 0 Å². The van der Waals surface area contributed by atoms with Crippen LogP contribution in [0.15, 0.2) is 0 Å². The van der Waals surface area contributed by atoms with Crippen molar-refractivity contribution in [3.8, 4) is 0 Å². The summed E-state index contributed by atoms with van der Waals surface area (Å²) >= 11 is 0. The average Bonchev–Trinajstić information content (AvgIpc) is 1.58. The van der Waals surface area contributed by atoms with E-state index >= 15 is 0 Å². The summed E-state index contributed by atoms with van der Waals surface area (Å²) in [6.07, 6.45) is 0. The van der Waals surface area contributed by atoms with Crippen molar-refractivity contribution in [3.05, 3.63) is 0 Å². The predicted octanol–water partition coefficient (Wildman–Crippen LogP) is -1.80. The second-order valence-electron chi connectivity index (χ2n) is 2.33. The van der Waals surface area contributed by atoms with E-state index < -0.39 is 10.4 Å². The van der Waals surface area contributed by atoms with Gasteiger partial charge in [0.15, 0.2) is 0 Å². The maximum absolute atomic E-state index is 9.56. The second-order valence-corrected chi connectivity index (χ2v) is 6.43. The zero-order chi connectivity index (χ0) is 9.49. The fourth-order valence-electron chi connectivity index (χ4n) is 0.149. The normalized spacial score (nSPS) is 9.83. The molecule has 0 aliphatic carbocycles. The van der Waals surface area contributed by atoms with Gasteiger partial charge < -0.3 is 0 Å². The van der Waals surface area contributed by atoms with Gasteiger partial charge >= 0.3 is 29.3 Å². The van der Waals surface area contributed by atoms with Crippen molar-refractivity contribution in [1.82, 2.24) is 0 Å². The number of hydrogen-bond acceptors (Lipinski definition) is 3. The molecule has 0 saturated carbocycles. The largest absolute Gasteiger partial charge is 1.00 e. The summed E-state index contributed by atoms with van der Waals surface area (Å²) in [4.78, 5) is 0. The van der Waals surface area contributed by atoms with Gasteiger partial charge in [-0.2, -0.15) is 28.1 Å². The van der Waals surface area contributed by atoms with Gasteiger partial charge in [-0.3, -0.25) is 13.3 Å². The molecule has 0 saturated heterocycles. The molecule has 0 amide bonds. The first kappa shape index (κ1) is 18.5. The van der Waals surface area contributed by atoms with Crippen LogP contribution in [0, 0.1) is 0 Å². The molecule has 0 aromatic carbocycles. The Balaban J connectivity index is -0.000000142. The first-order valence-electron chi connectivity index (χ1n) is 3.18. The quantitative estimate of drug-likeness (QED) is 0.428. The molecule has 0 aromatic heterocycles. The SMILES string of the molecule is CCOS(=O)(=O)O.C[Si-](C)C.[Li+]. The van der Waals surface area contributed by atoms with E-state index in [1.54, 1.807) is 0 Å². The molecule has 0 aromatic rings. The summed E-state index contributed by atoms with van der Waals surface area (Å²) in [6, 6.07) is 0. The maximum Gasteiger partial charge on any atom is 1.00 e. The maximum atomic E-state index is 9.56. The van der Waals surface area contributed by atoms with Crippen LogP contribution in [0.5, 0.6) is 0 Å². The molecular formula is C5H15LiO4SSi. The third kappa shape index (κ3) is 45.7. The molecule has 0 bridgehead atoms. The monoisotopic (exact) mass is 206 g/mol. The summed E-state index contributed by atoms with van der Waals surface area (Å²) in [7, 11) is -4.05. The Morgan fingerprint density at radius 3 is 1.58 bits per heavy atom. The minimum Gasteiger partial charge on any atom is -0.271 e. The van der Waals surface area contributed by atoms with Crippen LogP contribution in [0.25, 0.3) is 0 Å². The Morgan fingerprint density at radius 1 is 1.33 bits per heavy atom. The summed E-state index contributed by atoms with van der Waals surface area (Å²) in [5.41, 5.74) is 0. The molecular weight excluding hydrogens is 191 g/mol. The predicted molar refractivity (Wildman–Crippen MR) is 46.5 cm³/mol. The third-order valence-electron chi connectivity index (χ3n) is 0.267. The Bertz CT molecular complexity index is 166. The third-order valence-corrected chi connectivity index (χ3v) is 0.800. The average molecular weight is 206 g/mol. The molecule has 0 fully saturated rings. The van der Waals surface area contributed by atoms with E-state index in [0.717, 1.165) is 0 Å². The van der Waals surface area contributed by atoms with Crippen molar-refractivity contribution in [2.24, 2.45) is 0 Å². The molecule has 0 aliphatic heterocycles. The fourth-order valence-corrected chi connectivity index (χ4v) is 0.447. The molecule has 0 aliphatic rings. The molecule has 0 spiro atoms. The topological polar surface area (TPSA) is 63.6 Å². The van der Waals surface area contributed by atoms with E-state index in [1.165, 1.54) is 6.92 Å². The van der Waals surface area contributed by atoms with Crippen molar-refractivity contribution in [1.29, 1.82) is 0 Å². The van der Waals surface area contributed by atoms with Gasteiger partial charge in [-0.05, 0) is 6.92 Å². The van der Waals surface area contributed by atoms with Crippen molar-refractivity contribution >= 4 is 19.2 Å². The van der Waals surface area contributed by atoms with E-state index in [4.69, 9.17) is 4.55 Å². The molecule has 0 rings (SSSR count). The van der Waals surface area contributed by atoms with Crippen molar-refractivity contribution in [2.45, 2.75) is 26.6 Å². The van der Waals surface area contributed by atoms with E-state index in [2.05, 4.69) is 23.8 Å². The van der Waals surface area contributed by atoms with Gasteiger partial charge in [0, 0.05) is 0 Å². The Labute approximate surface area is 88.4 Å². The molecule has 4 nitrogen and oxygen atoms in total. The van der Waals surface area contributed by atoms with Crippen molar-refractivity contribution in [2.75, 3.05) is 6.61 Å². The Hall–Kier alpha value is 0.684. The minimum absolute atomic E-state index is 0. The standard InChI is InChI=1S/C3H9Si.C2H6O4S.Li/c1-4(2)3;1-2-6-7(3,4)5;/h1-3H3;2H2,1H3,(H,3,4,5);/q-1;;+1. The number of hydrogen-bond donors (Lipinski definition) is 1. The zero-order valence-electron chi connectivity index (χ0n) is 8.29. The van der Waals surface area contributed by atoms with E-state index in [1.807, 2.05) is 0 Å². The second kappa shape index (κ2) is 9.77. The fraction of sp³-hybridized carbons (Fsp3) is 1.00. The van der Waals surface area contributed by atoms with Crippen LogP contribution in [0.1, 0.15) is 6.92 Å². The van der Waals surface area contributed by atoms with Crippen LogP contribution in [0.4, 0.5) is 0 Å². The summed E-state index contributed by atoms with van der Waals surface area (Å²) in [5, 5.41) is 0. The summed E-state index contributed by atoms with van der Waals surface area (Å²) < 4.78 is 30.7. The number of rotatable bonds is 2. The molecule has 0 atom stereocenters. The van der Waals surface area contributed by atoms with E-state index in [-0.39, 0.29) is 34.3 Å². The molecule has 70 valence electrons. The van der Waals surface area contributed by atoms with Crippen LogP contribution >= 0.6 is 0 Å². The van der Waals surface area contributed by atoms with E-state index in [9.17, 15) is 8.42 Å². The zero-order valence-corrected chi connectivity index (χ0v) is 10.1. The minimum atomic E-state index is -4.17. The van der Waals surface area contributed by atoms with Crippen molar-refractivity contribution < 1.29 is 36.0 Å². The Kier molecular flexibility index (Phi) is 15.0. The first-order valence-corrected chi connectivity index (χ1v) is 7.54. The van der Waals surface area contributed by atoms with Gasteiger partial charge in [0.25, 0.3) is 0 Å². The van der Waals surface area contributed by atoms with Gasteiger partial charge in [-0.1, -0.05) is 0 Å². The van der Waals surface area contributed by atoms with Gasteiger partial charge in [-0.25, -0.2) is 4.18 Å². The molecule has 12 heavy (non-hydrogen) atoms. The molecule has 0 radical (unpaired) electrons. The summed E-state index contributed by atoms with van der Waals surface area (Å²) in [5.74, 6) is 0. The first-order chi connectivity index (χ1) is 4.79. The van der Waals surface area contributed by atoms with Gasteiger partial charge in [0.05, 0.1) is 6.61 Å². The van der Waals surface area contributed by atoms with Gasteiger partial charge in [0.2, 0.25) is 0 Å². The van der Waals surface area contributed by atoms with Gasteiger partial charge in [-0.15, -0.1) is 0 Å². The van der Waals surface area contributed by atoms with Crippen LogP contribution in [0.3, 0.4) is 0 Å². The molecule has 1 N–H and O–H groups in total. The molecule has 7 heteroatoms. The van der Waals surface area contributed by atoms with Crippen LogP contribution in [-0.2, 0) is 14.6 Å². The summed E-state index contributed by atoms with van der Waals surface area (Å²) in [6.45, 7) is 8.24. The molecule has 0 unspecified atom stereocenters. The van der Waals surface area contributed by atoms with Crippen molar-refractivity contribution in [3.63, 3.8) is 0 Å². The van der Waals surface area contributed by atoms with E-state index in [0.29, 0.717) is 0 Å². The van der Waals surface area contributed by atoms with Crippen LogP contribution in [-0.4, -0.2) is 28.4 Å². The smallest absolute Gasteiger partial charge is 0.271 e. The van der Waals surface area contributed by atoms with Crippen LogP contribution in [0.2, 0.25) is 19.6 Å².